The van der Waals surface area contributed by atoms with Crippen LogP contribution in [0.1, 0.15) is 18.4 Å². The van der Waals surface area contributed by atoms with Crippen molar-refractivity contribution in [1.29, 1.82) is 0 Å². The number of nitro groups is 1. The number of hydrogen-bond acceptors (Lipinski definition) is 6. The van der Waals surface area contributed by atoms with Crippen molar-refractivity contribution in [2.24, 2.45) is 0 Å². The summed E-state index contributed by atoms with van der Waals surface area (Å²) in [6, 6.07) is 8.52. The molecule has 2 aromatic rings. The summed E-state index contributed by atoms with van der Waals surface area (Å²) in [5.41, 5.74) is 0.606. The van der Waals surface area contributed by atoms with Crippen LogP contribution in [0.2, 0.25) is 5.02 Å². The van der Waals surface area contributed by atoms with Gasteiger partial charge in [0.15, 0.2) is 0 Å². The van der Waals surface area contributed by atoms with Gasteiger partial charge in [-0.25, -0.2) is 4.98 Å². The van der Waals surface area contributed by atoms with Crippen LogP contribution in [0, 0.1) is 10.1 Å². The van der Waals surface area contributed by atoms with Crippen molar-refractivity contribution in [3.05, 3.63) is 57.2 Å². The Kier molecular flexibility index (Phi) is 5.58. The molecule has 0 spiro atoms. The lowest BCUT2D eigenvalue weighted by molar-refractivity contribution is -0.384. The highest BCUT2D eigenvalue weighted by atomic mass is 35.5. The fraction of sp³-hybridized carbons (Fsp3) is 0.389. The van der Waals surface area contributed by atoms with E-state index in [1.54, 1.807) is 19.2 Å². The van der Waals surface area contributed by atoms with Crippen molar-refractivity contribution >= 4 is 23.1 Å². The SMILES string of the molecule is COc1ccc(Cl)cc1C1(CNc2ncccc2[N+](=O)[O-])CCOCC1. The maximum absolute atomic E-state index is 11.2. The van der Waals surface area contributed by atoms with Crippen LogP contribution in [-0.2, 0) is 10.2 Å². The largest absolute Gasteiger partial charge is 0.496 e. The number of pyridine rings is 1. The summed E-state index contributed by atoms with van der Waals surface area (Å²) < 4.78 is 11.1. The van der Waals surface area contributed by atoms with Crippen LogP contribution in [0.3, 0.4) is 0 Å². The van der Waals surface area contributed by atoms with E-state index in [1.165, 1.54) is 12.3 Å². The Bertz CT molecular complexity index is 794. The van der Waals surface area contributed by atoms with E-state index in [4.69, 9.17) is 21.1 Å². The molecule has 0 amide bonds. The number of nitrogens with zero attached hydrogens (tertiary/aromatic N) is 2. The molecule has 1 fully saturated rings. The summed E-state index contributed by atoms with van der Waals surface area (Å²) in [5, 5.41) is 15.0. The van der Waals surface area contributed by atoms with E-state index in [0.717, 1.165) is 24.2 Å². The zero-order valence-corrected chi connectivity index (χ0v) is 15.2. The molecule has 26 heavy (non-hydrogen) atoms. The minimum Gasteiger partial charge on any atom is -0.496 e. The number of ether oxygens (including phenoxy) is 2. The maximum atomic E-state index is 11.2. The summed E-state index contributed by atoms with van der Waals surface area (Å²) in [6.07, 6.45) is 3.03. The molecule has 1 aliphatic rings. The molecule has 7 nitrogen and oxygen atoms in total. The van der Waals surface area contributed by atoms with E-state index in [2.05, 4.69) is 10.3 Å². The zero-order valence-electron chi connectivity index (χ0n) is 14.4. The minimum atomic E-state index is -0.439. The molecular weight excluding hydrogens is 358 g/mol. The van der Waals surface area contributed by atoms with Gasteiger partial charge in [0.1, 0.15) is 5.75 Å². The summed E-state index contributed by atoms with van der Waals surface area (Å²) >= 11 is 6.23. The molecule has 138 valence electrons. The Labute approximate surface area is 156 Å². The van der Waals surface area contributed by atoms with Crippen molar-refractivity contribution < 1.29 is 14.4 Å². The fourth-order valence-electron chi connectivity index (χ4n) is 3.33. The lowest BCUT2D eigenvalue weighted by Crippen LogP contribution is -2.40. The molecule has 0 unspecified atom stereocenters. The normalized spacial score (nSPS) is 16.1. The van der Waals surface area contributed by atoms with Crippen molar-refractivity contribution in [3.63, 3.8) is 0 Å². The second-order valence-corrected chi connectivity index (χ2v) is 6.66. The molecule has 2 heterocycles. The van der Waals surface area contributed by atoms with E-state index >= 15 is 0 Å². The smallest absolute Gasteiger partial charge is 0.311 e. The molecule has 0 radical (unpaired) electrons. The van der Waals surface area contributed by atoms with Gasteiger partial charge in [-0.2, -0.15) is 0 Å². The summed E-state index contributed by atoms with van der Waals surface area (Å²) in [4.78, 5) is 14.9. The Morgan fingerprint density at radius 3 is 2.85 bits per heavy atom. The Hall–Kier alpha value is -2.38. The molecular formula is C18H20ClN3O4. The second-order valence-electron chi connectivity index (χ2n) is 6.22. The first-order valence-corrected chi connectivity index (χ1v) is 8.68. The van der Waals surface area contributed by atoms with E-state index < -0.39 is 4.92 Å². The van der Waals surface area contributed by atoms with E-state index in [1.807, 2.05) is 12.1 Å². The summed E-state index contributed by atoms with van der Waals surface area (Å²) in [6.45, 7) is 1.66. The Balaban J connectivity index is 1.95. The van der Waals surface area contributed by atoms with Gasteiger partial charge in [-0.05, 0) is 37.1 Å². The quantitative estimate of drug-likeness (QED) is 0.608. The third-order valence-electron chi connectivity index (χ3n) is 4.76. The molecule has 0 bridgehead atoms. The Morgan fingerprint density at radius 2 is 2.15 bits per heavy atom. The van der Waals surface area contributed by atoms with Crippen LogP contribution < -0.4 is 10.1 Å². The third-order valence-corrected chi connectivity index (χ3v) is 5.00. The Morgan fingerprint density at radius 1 is 1.38 bits per heavy atom. The molecule has 1 N–H and O–H groups in total. The van der Waals surface area contributed by atoms with Crippen molar-refractivity contribution in [1.82, 2.24) is 4.98 Å². The van der Waals surface area contributed by atoms with Gasteiger partial charge in [-0.15, -0.1) is 0 Å². The van der Waals surface area contributed by atoms with Crippen molar-refractivity contribution in [2.75, 3.05) is 32.2 Å². The van der Waals surface area contributed by atoms with Crippen LogP contribution in [0.25, 0.3) is 0 Å². The number of hydrogen-bond donors (Lipinski definition) is 1. The standard InChI is InChI=1S/C18H20ClN3O4/c1-25-16-5-4-13(19)11-14(16)18(6-9-26-10-7-18)12-21-17-15(22(23)24)3-2-8-20-17/h2-5,8,11H,6-7,9-10,12H2,1H3,(H,20,21). The highest BCUT2D eigenvalue weighted by molar-refractivity contribution is 6.30. The maximum Gasteiger partial charge on any atom is 0.311 e. The molecule has 1 aromatic carbocycles. The lowest BCUT2D eigenvalue weighted by Gasteiger charge is -2.38. The van der Waals surface area contributed by atoms with E-state index in [0.29, 0.717) is 24.8 Å². The monoisotopic (exact) mass is 377 g/mol. The lowest BCUT2D eigenvalue weighted by atomic mass is 9.73. The highest BCUT2D eigenvalue weighted by Gasteiger charge is 2.37. The highest BCUT2D eigenvalue weighted by Crippen LogP contribution is 2.41. The van der Waals surface area contributed by atoms with Gasteiger partial charge in [0.2, 0.25) is 5.82 Å². The molecule has 1 aliphatic heterocycles. The first-order valence-electron chi connectivity index (χ1n) is 8.31. The van der Waals surface area contributed by atoms with Crippen LogP contribution in [0.5, 0.6) is 5.75 Å². The first kappa shape index (κ1) is 18.4. The van der Waals surface area contributed by atoms with E-state index in [-0.39, 0.29) is 16.9 Å². The van der Waals surface area contributed by atoms with Gasteiger partial charge in [0.05, 0.1) is 12.0 Å². The number of aromatic nitrogens is 1. The average molecular weight is 378 g/mol. The fourth-order valence-corrected chi connectivity index (χ4v) is 3.50. The van der Waals surface area contributed by atoms with Gasteiger partial charge < -0.3 is 14.8 Å². The van der Waals surface area contributed by atoms with Crippen molar-refractivity contribution in [3.8, 4) is 5.75 Å². The summed E-state index contributed by atoms with van der Waals surface area (Å²) in [5.74, 6) is 0.998. The predicted molar refractivity (Wildman–Crippen MR) is 99.1 cm³/mol. The number of methoxy groups -OCH3 is 1. The predicted octanol–water partition coefficient (Wildman–Crippen LogP) is 3.81. The van der Waals surface area contributed by atoms with Crippen molar-refractivity contribution in [2.45, 2.75) is 18.3 Å². The van der Waals surface area contributed by atoms with Crippen LogP contribution >= 0.6 is 11.6 Å². The number of benzene rings is 1. The van der Waals surface area contributed by atoms with Crippen LogP contribution in [-0.4, -0.2) is 36.8 Å². The van der Waals surface area contributed by atoms with Gasteiger partial charge in [-0.3, -0.25) is 10.1 Å². The van der Waals surface area contributed by atoms with Crippen LogP contribution in [0.15, 0.2) is 36.5 Å². The molecule has 0 atom stereocenters. The molecule has 0 aliphatic carbocycles. The van der Waals surface area contributed by atoms with Crippen LogP contribution in [0.4, 0.5) is 11.5 Å². The molecule has 3 rings (SSSR count). The number of anilines is 1. The second kappa shape index (κ2) is 7.88. The van der Waals surface area contributed by atoms with Gasteiger partial charge >= 0.3 is 5.69 Å². The topological polar surface area (TPSA) is 86.5 Å². The minimum absolute atomic E-state index is 0.0484. The summed E-state index contributed by atoms with van der Waals surface area (Å²) in [7, 11) is 1.62. The zero-order chi connectivity index (χ0) is 18.6. The van der Waals surface area contributed by atoms with E-state index in [9.17, 15) is 10.1 Å². The average Bonchev–Trinajstić information content (AvgIpc) is 2.67. The molecule has 1 aromatic heterocycles. The number of rotatable bonds is 6. The first-order chi connectivity index (χ1) is 12.6. The third kappa shape index (κ3) is 3.73. The number of nitrogens with one attached hydrogen (secondary N) is 1. The molecule has 0 saturated carbocycles. The van der Waals surface area contributed by atoms with Gasteiger partial charge in [-0.1, -0.05) is 11.6 Å². The molecule has 8 heteroatoms. The molecule has 1 saturated heterocycles. The number of halogens is 1. The van der Waals surface area contributed by atoms with Gasteiger partial charge in [0.25, 0.3) is 0 Å². The van der Waals surface area contributed by atoms with Gasteiger partial charge in [0, 0.05) is 48.0 Å².